The third kappa shape index (κ3) is 2.31. The normalized spacial score (nSPS) is 10.1. The summed E-state index contributed by atoms with van der Waals surface area (Å²) in [7, 11) is 0. The SMILES string of the molecule is Cc1cccc(-c2nc(CC#N)c(Br)s2)c1. The van der Waals surface area contributed by atoms with Crippen LogP contribution < -0.4 is 0 Å². The van der Waals surface area contributed by atoms with Crippen molar-refractivity contribution in [2.45, 2.75) is 13.3 Å². The van der Waals surface area contributed by atoms with E-state index in [1.54, 1.807) is 11.3 Å². The highest BCUT2D eigenvalue weighted by atomic mass is 79.9. The molecule has 1 aromatic heterocycles. The van der Waals surface area contributed by atoms with Gasteiger partial charge in [-0.1, -0.05) is 23.8 Å². The Labute approximate surface area is 107 Å². The molecule has 0 radical (unpaired) electrons. The fourth-order valence-corrected chi connectivity index (χ4v) is 2.91. The molecule has 16 heavy (non-hydrogen) atoms. The number of thiazole rings is 1. The van der Waals surface area contributed by atoms with Gasteiger partial charge in [0.15, 0.2) is 0 Å². The molecule has 0 bridgehead atoms. The van der Waals surface area contributed by atoms with Crippen LogP contribution in [0.3, 0.4) is 0 Å². The molecular formula is C12H9BrN2S. The van der Waals surface area contributed by atoms with Crippen LogP contribution in [0.5, 0.6) is 0 Å². The topological polar surface area (TPSA) is 36.7 Å². The van der Waals surface area contributed by atoms with Crippen LogP contribution in [-0.2, 0) is 6.42 Å². The second-order valence-corrected chi connectivity index (χ2v) is 5.76. The molecule has 0 atom stereocenters. The molecule has 2 aromatic rings. The van der Waals surface area contributed by atoms with Crippen molar-refractivity contribution in [1.82, 2.24) is 4.98 Å². The Morgan fingerprint density at radius 3 is 3.00 bits per heavy atom. The van der Waals surface area contributed by atoms with Crippen LogP contribution in [0.25, 0.3) is 10.6 Å². The summed E-state index contributed by atoms with van der Waals surface area (Å²) in [6.45, 7) is 2.06. The molecule has 0 saturated heterocycles. The van der Waals surface area contributed by atoms with Crippen molar-refractivity contribution in [2.75, 3.05) is 0 Å². The number of nitriles is 1. The average Bonchev–Trinajstić information content (AvgIpc) is 2.61. The van der Waals surface area contributed by atoms with Crippen molar-refractivity contribution in [3.8, 4) is 16.6 Å². The van der Waals surface area contributed by atoms with Crippen molar-refractivity contribution in [3.63, 3.8) is 0 Å². The Morgan fingerprint density at radius 1 is 1.50 bits per heavy atom. The summed E-state index contributed by atoms with van der Waals surface area (Å²) >= 11 is 5.01. The third-order valence-electron chi connectivity index (χ3n) is 2.16. The molecule has 0 fully saturated rings. The molecule has 1 aromatic carbocycles. The van der Waals surface area contributed by atoms with Crippen LogP contribution in [-0.4, -0.2) is 4.98 Å². The first-order valence-corrected chi connectivity index (χ1v) is 6.41. The van der Waals surface area contributed by atoms with E-state index in [0.29, 0.717) is 6.42 Å². The van der Waals surface area contributed by atoms with Gasteiger partial charge in [0.2, 0.25) is 0 Å². The number of hydrogen-bond acceptors (Lipinski definition) is 3. The Kier molecular flexibility index (Phi) is 3.37. The molecule has 0 saturated carbocycles. The lowest BCUT2D eigenvalue weighted by Gasteiger charge is -1.96. The second-order valence-electron chi connectivity index (χ2n) is 3.44. The van der Waals surface area contributed by atoms with Gasteiger partial charge in [0.25, 0.3) is 0 Å². The summed E-state index contributed by atoms with van der Waals surface area (Å²) in [4.78, 5) is 4.46. The van der Waals surface area contributed by atoms with Gasteiger partial charge in [-0.3, -0.25) is 0 Å². The summed E-state index contributed by atoms with van der Waals surface area (Å²) in [6, 6.07) is 10.3. The minimum absolute atomic E-state index is 0.350. The minimum atomic E-state index is 0.350. The lowest BCUT2D eigenvalue weighted by molar-refractivity contribution is 1.15. The van der Waals surface area contributed by atoms with Crippen LogP contribution in [0.4, 0.5) is 0 Å². The molecule has 80 valence electrons. The zero-order chi connectivity index (χ0) is 11.5. The smallest absolute Gasteiger partial charge is 0.124 e. The number of hydrogen-bond donors (Lipinski definition) is 0. The zero-order valence-electron chi connectivity index (χ0n) is 8.70. The monoisotopic (exact) mass is 292 g/mol. The molecule has 4 heteroatoms. The summed E-state index contributed by atoms with van der Waals surface area (Å²) in [6.07, 6.45) is 0.350. The first-order chi connectivity index (χ1) is 7.70. The van der Waals surface area contributed by atoms with Gasteiger partial charge < -0.3 is 0 Å². The molecule has 2 rings (SSSR count). The number of aryl methyl sites for hydroxylation is 1. The highest BCUT2D eigenvalue weighted by molar-refractivity contribution is 9.11. The number of halogens is 1. The van der Waals surface area contributed by atoms with Gasteiger partial charge in [0.05, 0.1) is 22.0 Å². The summed E-state index contributed by atoms with van der Waals surface area (Å²) in [5, 5.41) is 9.62. The van der Waals surface area contributed by atoms with Crippen molar-refractivity contribution in [2.24, 2.45) is 0 Å². The van der Waals surface area contributed by atoms with Gasteiger partial charge in [-0.2, -0.15) is 5.26 Å². The highest BCUT2D eigenvalue weighted by Gasteiger charge is 2.09. The molecule has 0 aliphatic heterocycles. The van der Waals surface area contributed by atoms with Gasteiger partial charge in [-0.25, -0.2) is 4.98 Å². The largest absolute Gasteiger partial charge is 0.239 e. The van der Waals surface area contributed by atoms with Crippen LogP contribution in [0.2, 0.25) is 0 Å². The number of benzene rings is 1. The quantitative estimate of drug-likeness (QED) is 0.840. The van der Waals surface area contributed by atoms with Gasteiger partial charge in [0.1, 0.15) is 5.01 Å². The molecule has 0 unspecified atom stereocenters. The Bertz CT molecular complexity index is 554. The summed E-state index contributed by atoms with van der Waals surface area (Å²) in [5.41, 5.74) is 3.14. The van der Waals surface area contributed by atoms with E-state index in [1.165, 1.54) is 5.56 Å². The van der Waals surface area contributed by atoms with Crippen molar-refractivity contribution < 1.29 is 0 Å². The van der Waals surface area contributed by atoms with E-state index >= 15 is 0 Å². The van der Waals surface area contributed by atoms with E-state index in [1.807, 2.05) is 12.1 Å². The summed E-state index contributed by atoms with van der Waals surface area (Å²) in [5.74, 6) is 0. The second kappa shape index (κ2) is 4.77. The van der Waals surface area contributed by atoms with E-state index in [0.717, 1.165) is 20.1 Å². The van der Waals surface area contributed by atoms with E-state index in [4.69, 9.17) is 5.26 Å². The average molecular weight is 293 g/mol. The predicted octanol–water partition coefficient (Wildman–Crippen LogP) is 3.95. The highest BCUT2D eigenvalue weighted by Crippen LogP contribution is 2.32. The fourth-order valence-electron chi connectivity index (χ4n) is 1.42. The maximum absolute atomic E-state index is 8.66. The van der Waals surface area contributed by atoms with Crippen molar-refractivity contribution >= 4 is 27.3 Å². The van der Waals surface area contributed by atoms with Gasteiger partial charge in [-0.05, 0) is 28.9 Å². The van der Waals surface area contributed by atoms with E-state index in [9.17, 15) is 0 Å². The predicted molar refractivity (Wildman–Crippen MR) is 69.3 cm³/mol. The zero-order valence-corrected chi connectivity index (χ0v) is 11.1. The lowest BCUT2D eigenvalue weighted by Crippen LogP contribution is -1.83. The molecule has 1 heterocycles. The first-order valence-electron chi connectivity index (χ1n) is 4.80. The van der Waals surface area contributed by atoms with Crippen molar-refractivity contribution in [3.05, 3.63) is 39.3 Å². The van der Waals surface area contributed by atoms with E-state index < -0.39 is 0 Å². The molecular weight excluding hydrogens is 284 g/mol. The number of rotatable bonds is 2. The Morgan fingerprint density at radius 2 is 2.31 bits per heavy atom. The fraction of sp³-hybridized carbons (Fsp3) is 0.167. The molecule has 0 aliphatic carbocycles. The molecule has 0 aliphatic rings. The van der Waals surface area contributed by atoms with Crippen LogP contribution in [0, 0.1) is 18.3 Å². The third-order valence-corrected chi connectivity index (χ3v) is 4.04. The maximum atomic E-state index is 8.66. The van der Waals surface area contributed by atoms with E-state index in [2.05, 4.69) is 46.0 Å². The van der Waals surface area contributed by atoms with Gasteiger partial charge in [0, 0.05) is 5.56 Å². The Hall–Kier alpha value is -1.18. The molecule has 2 nitrogen and oxygen atoms in total. The molecule has 0 spiro atoms. The number of nitrogens with zero attached hydrogens (tertiary/aromatic N) is 2. The molecule has 0 N–H and O–H groups in total. The minimum Gasteiger partial charge on any atom is -0.239 e. The van der Waals surface area contributed by atoms with Gasteiger partial charge >= 0.3 is 0 Å². The van der Waals surface area contributed by atoms with Crippen LogP contribution >= 0.6 is 27.3 Å². The first kappa shape index (κ1) is 11.3. The maximum Gasteiger partial charge on any atom is 0.124 e. The van der Waals surface area contributed by atoms with Crippen LogP contribution in [0.15, 0.2) is 28.1 Å². The van der Waals surface area contributed by atoms with Gasteiger partial charge in [-0.15, -0.1) is 11.3 Å². The number of aromatic nitrogens is 1. The summed E-state index contributed by atoms with van der Waals surface area (Å²) < 4.78 is 0.950. The molecule has 0 amide bonds. The van der Waals surface area contributed by atoms with Crippen LogP contribution in [0.1, 0.15) is 11.3 Å². The standard InChI is InChI=1S/C12H9BrN2S/c1-8-3-2-4-9(7-8)12-15-10(5-6-14)11(13)16-12/h2-4,7H,5H2,1H3. The Balaban J connectivity index is 2.42. The van der Waals surface area contributed by atoms with Crippen molar-refractivity contribution in [1.29, 1.82) is 5.26 Å². The lowest BCUT2D eigenvalue weighted by atomic mass is 10.1. The van der Waals surface area contributed by atoms with E-state index in [-0.39, 0.29) is 0 Å².